The van der Waals surface area contributed by atoms with E-state index in [1.165, 1.54) is 11.1 Å². The zero-order chi connectivity index (χ0) is 18.1. The summed E-state index contributed by atoms with van der Waals surface area (Å²) in [7, 11) is -2.80. The van der Waals surface area contributed by atoms with E-state index in [0.717, 1.165) is 44.8 Å². The van der Waals surface area contributed by atoms with Gasteiger partial charge in [0.1, 0.15) is 0 Å². The van der Waals surface area contributed by atoms with Gasteiger partial charge in [0, 0.05) is 56.8 Å². The molecule has 6 nitrogen and oxygen atoms in total. The standard InChI is InChI=1S/C19H26N4O2S/c1-16-12-18(23-6-5-20-15-23)3-2-17(16)13-21-7-9-22(10-8-21)19-4-11-26(24,25)14-19/h2-3,5-6,12,15,19H,4,7-11,13-14H2,1H3. The molecule has 0 aliphatic carbocycles. The van der Waals surface area contributed by atoms with Gasteiger partial charge in [0.15, 0.2) is 9.84 Å². The van der Waals surface area contributed by atoms with Gasteiger partial charge in [-0.1, -0.05) is 6.07 Å². The van der Waals surface area contributed by atoms with Gasteiger partial charge >= 0.3 is 0 Å². The van der Waals surface area contributed by atoms with Gasteiger partial charge in [-0.25, -0.2) is 13.4 Å². The fourth-order valence-corrected chi connectivity index (χ4v) is 5.78. The number of hydrogen-bond acceptors (Lipinski definition) is 5. The number of nitrogens with zero attached hydrogens (tertiary/aromatic N) is 4. The largest absolute Gasteiger partial charge is 0.306 e. The fraction of sp³-hybridized carbons (Fsp3) is 0.526. The third-order valence-corrected chi connectivity index (χ3v) is 7.40. The van der Waals surface area contributed by atoms with E-state index in [9.17, 15) is 8.42 Å². The summed E-state index contributed by atoms with van der Waals surface area (Å²) in [5.74, 6) is 0.710. The van der Waals surface area contributed by atoms with Crippen LogP contribution in [0.3, 0.4) is 0 Å². The molecule has 1 aromatic heterocycles. The first-order valence-corrected chi connectivity index (χ1v) is 11.1. The quantitative estimate of drug-likeness (QED) is 0.811. The number of rotatable bonds is 4. The number of hydrogen-bond donors (Lipinski definition) is 0. The maximum absolute atomic E-state index is 11.7. The van der Waals surface area contributed by atoms with E-state index in [2.05, 4.69) is 39.9 Å². The first kappa shape index (κ1) is 17.7. The summed E-state index contributed by atoms with van der Waals surface area (Å²) in [6, 6.07) is 6.79. The van der Waals surface area contributed by atoms with Crippen LogP contribution in [0.1, 0.15) is 17.5 Å². The first-order valence-electron chi connectivity index (χ1n) is 9.25. The van der Waals surface area contributed by atoms with Crippen molar-refractivity contribution in [1.29, 1.82) is 0 Å². The average Bonchev–Trinajstić information content (AvgIpc) is 3.27. The Balaban J connectivity index is 1.34. The molecule has 2 aliphatic heterocycles. The summed E-state index contributed by atoms with van der Waals surface area (Å²) >= 11 is 0. The van der Waals surface area contributed by atoms with Crippen LogP contribution in [-0.2, 0) is 16.4 Å². The van der Waals surface area contributed by atoms with E-state index >= 15 is 0 Å². The Morgan fingerprint density at radius 1 is 1.19 bits per heavy atom. The van der Waals surface area contributed by atoms with Crippen molar-refractivity contribution >= 4 is 9.84 Å². The van der Waals surface area contributed by atoms with Crippen LogP contribution in [0, 0.1) is 6.92 Å². The molecule has 140 valence electrons. The van der Waals surface area contributed by atoms with Crippen LogP contribution in [0.25, 0.3) is 5.69 Å². The van der Waals surface area contributed by atoms with Crippen LogP contribution in [0.15, 0.2) is 36.9 Å². The summed E-state index contributed by atoms with van der Waals surface area (Å²) < 4.78 is 25.4. The maximum Gasteiger partial charge on any atom is 0.151 e. The van der Waals surface area contributed by atoms with Crippen LogP contribution in [0.5, 0.6) is 0 Å². The molecule has 1 unspecified atom stereocenters. The second-order valence-corrected chi connectivity index (χ2v) is 9.68. The summed E-state index contributed by atoms with van der Waals surface area (Å²) in [5.41, 5.74) is 3.78. The molecular weight excluding hydrogens is 348 g/mol. The minimum absolute atomic E-state index is 0.235. The highest BCUT2D eigenvalue weighted by Gasteiger charge is 2.33. The van der Waals surface area contributed by atoms with Crippen molar-refractivity contribution in [2.24, 2.45) is 0 Å². The molecule has 0 N–H and O–H groups in total. The summed E-state index contributed by atoms with van der Waals surface area (Å²) in [6.45, 7) is 7.04. The molecule has 1 aromatic carbocycles. The Kier molecular flexibility index (Phi) is 4.86. The number of imidazole rings is 1. The van der Waals surface area contributed by atoms with Gasteiger partial charge in [-0.3, -0.25) is 9.80 Å². The molecule has 3 heterocycles. The normalized spacial score (nSPS) is 24.1. The van der Waals surface area contributed by atoms with Gasteiger partial charge in [-0.05, 0) is 36.6 Å². The van der Waals surface area contributed by atoms with Crippen LogP contribution in [-0.4, -0.2) is 71.5 Å². The Labute approximate surface area is 155 Å². The van der Waals surface area contributed by atoms with Gasteiger partial charge < -0.3 is 4.57 Å². The molecule has 2 fully saturated rings. The third-order valence-electron chi connectivity index (χ3n) is 5.65. The van der Waals surface area contributed by atoms with Crippen molar-refractivity contribution in [3.8, 4) is 5.69 Å². The maximum atomic E-state index is 11.7. The molecule has 2 aliphatic rings. The van der Waals surface area contributed by atoms with Gasteiger partial charge in [-0.15, -0.1) is 0 Å². The van der Waals surface area contributed by atoms with E-state index in [1.54, 1.807) is 6.20 Å². The van der Waals surface area contributed by atoms with Crippen molar-refractivity contribution in [1.82, 2.24) is 19.4 Å². The van der Waals surface area contributed by atoms with Crippen LogP contribution >= 0.6 is 0 Å². The van der Waals surface area contributed by atoms with E-state index in [-0.39, 0.29) is 6.04 Å². The summed E-state index contributed by atoms with van der Waals surface area (Å²) in [5, 5.41) is 0. The second kappa shape index (κ2) is 7.13. The average molecular weight is 375 g/mol. The monoisotopic (exact) mass is 374 g/mol. The molecule has 4 rings (SSSR count). The van der Waals surface area contributed by atoms with E-state index < -0.39 is 9.84 Å². The SMILES string of the molecule is Cc1cc(-n2ccnc2)ccc1CN1CCN(C2CCS(=O)(=O)C2)CC1. The predicted octanol–water partition coefficient (Wildman–Crippen LogP) is 1.49. The van der Waals surface area contributed by atoms with E-state index in [4.69, 9.17) is 0 Å². The number of benzene rings is 1. The van der Waals surface area contributed by atoms with Crippen molar-refractivity contribution in [3.05, 3.63) is 48.0 Å². The smallest absolute Gasteiger partial charge is 0.151 e. The molecule has 0 amide bonds. The van der Waals surface area contributed by atoms with Gasteiger partial charge in [-0.2, -0.15) is 0 Å². The van der Waals surface area contributed by atoms with Gasteiger partial charge in [0.05, 0.1) is 17.8 Å². The highest BCUT2D eigenvalue weighted by Crippen LogP contribution is 2.21. The minimum atomic E-state index is -2.80. The number of piperazine rings is 1. The molecule has 0 radical (unpaired) electrons. The molecule has 2 saturated heterocycles. The van der Waals surface area contributed by atoms with Crippen molar-refractivity contribution < 1.29 is 8.42 Å². The zero-order valence-electron chi connectivity index (χ0n) is 15.2. The molecule has 7 heteroatoms. The van der Waals surface area contributed by atoms with Crippen molar-refractivity contribution in [2.75, 3.05) is 37.7 Å². The lowest BCUT2D eigenvalue weighted by Gasteiger charge is -2.37. The molecule has 2 aromatic rings. The van der Waals surface area contributed by atoms with E-state index in [1.807, 2.05) is 17.1 Å². The first-order chi connectivity index (χ1) is 12.5. The van der Waals surface area contributed by atoms with Gasteiger partial charge in [0.25, 0.3) is 0 Å². The Hall–Kier alpha value is -1.70. The second-order valence-electron chi connectivity index (χ2n) is 7.45. The lowest BCUT2D eigenvalue weighted by Crippen LogP contribution is -2.50. The topological polar surface area (TPSA) is 58.4 Å². The minimum Gasteiger partial charge on any atom is -0.306 e. The predicted molar refractivity (Wildman–Crippen MR) is 102 cm³/mol. The van der Waals surface area contributed by atoms with Crippen LogP contribution in [0.2, 0.25) is 0 Å². The summed E-state index contributed by atoms with van der Waals surface area (Å²) in [6.07, 6.45) is 6.36. The van der Waals surface area contributed by atoms with Crippen LogP contribution < -0.4 is 0 Å². The highest BCUT2D eigenvalue weighted by molar-refractivity contribution is 7.91. The lowest BCUT2D eigenvalue weighted by atomic mass is 10.1. The highest BCUT2D eigenvalue weighted by atomic mass is 32.2. The van der Waals surface area contributed by atoms with Crippen molar-refractivity contribution in [2.45, 2.75) is 25.9 Å². The molecule has 0 saturated carbocycles. The van der Waals surface area contributed by atoms with Gasteiger partial charge in [0.2, 0.25) is 0 Å². The third kappa shape index (κ3) is 3.84. The zero-order valence-corrected chi connectivity index (χ0v) is 16.0. The van der Waals surface area contributed by atoms with E-state index in [0.29, 0.717) is 11.5 Å². The number of aryl methyl sites for hydroxylation is 1. The Morgan fingerprint density at radius 2 is 2.00 bits per heavy atom. The molecular formula is C19H26N4O2S. The van der Waals surface area contributed by atoms with Crippen LogP contribution in [0.4, 0.5) is 0 Å². The molecule has 0 spiro atoms. The molecule has 0 bridgehead atoms. The Bertz CT molecular complexity index is 856. The number of sulfone groups is 1. The summed E-state index contributed by atoms with van der Waals surface area (Å²) in [4.78, 5) is 8.95. The van der Waals surface area contributed by atoms with Crippen molar-refractivity contribution in [3.63, 3.8) is 0 Å². The molecule has 1 atom stereocenters. The fourth-order valence-electron chi connectivity index (χ4n) is 4.02. The lowest BCUT2D eigenvalue weighted by molar-refractivity contribution is 0.0999. The Morgan fingerprint density at radius 3 is 2.62 bits per heavy atom. The number of aromatic nitrogens is 2. The molecule has 26 heavy (non-hydrogen) atoms.